The van der Waals surface area contributed by atoms with Gasteiger partial charge in [0.15, 0.2) is 0 Å². The highest BCUT2D eigenvalue weighted by molar-refractivity contribution is 7.80. The van der Waals surface area contributed by atoms with Crippen LogP contribution in [0, 0.1) is 5.92 Å². The fourth-order valence-electron chi connectivity index (χ4n) is 2.26. The SMILES string of the molecule is CCN(CC)CCN1CCC(C(N)=S)CC1. The van der Waals surface area contributed by atoms with Crippen LogP contribution in [-0.4, -0.2) is 54.1 Å². The summed E-state index contributed by atoms with van der Waals surface area (Å²) >= 11 is 5.05. The molecule has 0 aromatic rings. The van der Waals surface area contributed by atoms with E-state index in [-0.39, 0.29) is 0 Å². The van der Waals surface area contributed by atoms with Gasteiger partial charge in [0.25, 0.3) is 0 Å². The summed E-state index contributed by atoms with van der Waals surface area (Å²) in [5, 5.41) is 0. The first-order valence-electron chi connectivity index (χ1n) is 6.41. The average molecular weight is 243 g/mol. The third-order valence-corrected chi connectivity index (χ3v) is 3.95. The monoisotopic (exact) mass is 243 g/mol. The minimum Gasteiger partial charge on any atom is -0.393 e. The number of likely N-dealkylation sites (tertiary alicyclic amines) is 1. The summed E-state index contributed by atoms with van der Waals surface area (Å²) in [7, 11) is 0. The van der Waals surface area contributed by atoms with Crippen molar-refractivity contribution in [1.82, 2.24) is 9.80 Å². The maximum Gasteiger partial charge on any atom is 0.0759 e. The van der Waals surface area contributed by atoms with Gasteiger partial charge in [-0.1, -0.05) is 26.1 Å². The number of hydrogen-bond donors (Lipinski definition) is 1. The second kappa shape index (κ2) is 7.20. The Kier molecular flexibility index (Phi) is 6.24. The smallest absolute Gasteiger partial charge is 0.0759 e. The normalized spacial score (nSPS) is 19.2. The van der Waals surface area contributed by atoms with Gasteiger partial charge in [0.05, 0.1) is 4.99 Å². The molecule has 3 nitrogen and oxygen atoms in total. The van der Waals surface area contributed by atoms with E-state index in [0.29, 0.717) is 10.9 Å². The van der Waals surface area contributed by atoms with Crippen molar-refractivity contribution >= 4 is 17.2 Å². The van der Waals surface area contributed by atoms with E-state index in [1.54, 1.807) is 0 Å². The van der Waals surface area contributed by atoms with E-state index in [9.17, 15) is 0 Å². The maximum atomic E-state index is 5.68. The van der Waals surface area contributed by atoms with Crippen molar-refractivity contribution in [3.05, 3.63) is 0 Å². The summed E-state index contributed by atoms with van der Waals surface area (Å²) in [6.07, 6.45) is 2.29. The van der Waals surface area contributed by atoms with E-state index in [2.05, 4.69) is 23.6 Å². The molecule has 4 heteroatoms. The van der Waals surface area contributed by atoms with Gasteiger partial charge < -0.3 is 15.5 Å². The Morgan fingerprint density at radius 1 is 1.31 bits per heavy atom. The summed E-state index contributed by atoms with van der Waals surface area (Å²) in [6, 6.07) is 0. The molecule has 0 unspecified atom stereocenters. The van der Waals surface area contributed by atoms with Gasteiger partial charge in [0, 0.05) is 19.0 Å². The van der Waals surface area contributed by atoms with E-state index in [1.165, 1.54) is 13.1 Å². The first kappa shape index (κ1) is 13.9. The lowest BCUT2D eigenvalue weighted by molar-refractivity contribution is 0.177. The molecule has 0 amide bonds. The van der Waals surface area contributed by atoms with Crippen LogP contribution < -0.4 is 5.73 Å². The highest BCUT2D eigenvalue weighted by Gasteiger charge is 2.20. The van der Waals surface area contributed by atoms with Crippen molar-refractivity contribution in [2.75, 3.05) is 39.3 Å². The Balaban J connectivity index is 2.19. The standard InChI is InChI=1S/C12H25N3S/c1-3-14(4-2)9-10-15-7-5-11(6-8-15)12(13)16/h11H,3-10H2,1-2H3,(H2,13,16). The molecule has 1 saturated heterocycles. The van der Waals surface area contributed by atoms with E-state index in [1.807, 2.05) is 0 Å². The largest absolute Gasteiger partial charge is 0.393 e. The topological polar surface area (TPSA) is 32.5 Å². The Bertz CT molecular complexity index is 208. The number of nitrogens with zero attached hydrogens (tertiary/aromatic N) is 2. The Morgan fingerprint density at radius 3 is 2.31 bits per heavy atom. The predicted octanol–water partition coefficient (Wildman–Crippen LogP) is 1.33. The zero-order chi connectivity index (χ0) is 12.0. The van der Waals surface area contributed by atoms with E-state index < -0.39 is 0 Å². The zero-order valence-corrected chi connectivity index (χ0v) is 11.4. The van der Waals surface area contributed by atoms with Crippen LogP contribution >= 0.6 is 12.2 Å². The second-order valence-corrected chi connectivity index (χ2v) is 5.02. The molecule has 0 spiro atoms. The number of hydrogen-bond acceptors (Lipinski definition) is 3. The minimum atomic E-state index is 0.486. The van der Waals surface area contributed by atoms with E-state index in [4.69, 9.17) is 18.0 Å². The quantitative estimate of drug-likeness (QED) is 0.713. The van der Waals surface area contributed by atoms with Crippen molar-refractivity contribution in [3.8, 4) is 0 Å². The summed E-state index contributed by atoms with van der Waals surface area (Å²) in [5.41, 5.74) is 5.68. The maximum absolute atomic E-state index is 5.68. The summed E-state index contributed by atoms with van der Waals surface area (Å²) in [4.78, 5) is 5.72. The molecule has 1 aliphatic rings. The van der Waals surface area contributed by atoms with Gasteiger partial charge in [-0.2, -0.15) is 0 Å². The number of likely N-dealkylation sites (N-methyl/N-ethyl adjacent to an activating group) is 1. The molecule has 1 heterocycles. The molecule has 16 heavy (non-hydrogen) atoms. The van der Waals surface area contributed by atoms with Gasteiger partial charge in [-0.3, -0.25) is 0 Å². The fourth-order valence-corrected chi connectivity index (χ4v) is 2.50. The van der Waals surface area contributed by atoms with Gasteiger partial charge in [0.1, 0.15) is 0 Å². The van der Waals surface area contributed by atoms with Crippen molar-refractivity contribution in [2.45, 2.75) is 26.7 Å². The summed E-state index contributed by atoms with van der Waals surface area (Å²) in [5.74, 6) is 0.486. The molecule has 0 aromatic heterocycles. The lowest BCUT2D eigenvalue weighted by Crippen LogP contribution is -2.41. The van der Waals surface area contributed by atoms with Gasteiger partial charge in [-0.15, -0.1) is 0 Å². The Morgan fingerprint density at radius 2 is 1.88 bits per heavy atom. The molecular weight excluding hydrogens is 218 g/mol. The fraction of sp³-hybridized carbons (Fsp3) is 0.917. The van der Waals surface area contributed by atoms with Crippen LogP contribution in [0.1, 0.15) is 26.7 Å². The average Bonchev–Trinajstić information content (AvgIpc) is 2.31. The van der Waals surface area contributed by atoms with Crippen LogP contribution in [0.4, 0.5) is 0 Å². The van der Waals surface area contributed by atoms with Crippen LogP contribution in [0.5, 0.6) is 0 Å². The molecule has 0 atom stereocenters. The number of thiocarbonyl (C=S) groups is 1. The molecule has 1 fully saturated rings. The summed E-state index contributed by atoms with van der Waals surface area (Å²) in [6.45, 7) is 11.4. The molecule has 1 aliphatic heterocycles. The van der Waals surface area contributed by atoms with Crippen LogP contribution in [0.15, 0.2) is 0 Å². The lowest BCUT2D eigenvalue weighted by Gasteiger charge is -2.32. The van der Waals surface area contributed by atoms with Gasteiger partial charge >= 0.3 is 0 Å². The molecule has 0 saturated carbocycles. The number of rotatable bonds is 6. The van der Waals surface area contributed by atoms with Crippen molar-refractivity contribution in [3.63, 3.8) is 0 Å². The third kappa shape index (κ3) is 4.36. The van der Waals surface area contributed by atoms with Crippen molar-refractivity contribution in [2.24, 2.45) is 11.7 Å². The van der Waals surface area contributed by atoms with Crippen LogP contribution in [-0.2, 0) is 0 Å². The first-order chi connectivity index (χ1) is 7.67. The highest BCUT2D eigenvalue weighted by Crippen LogP contribution is 2.16. The number of piperidine rings is 1. The zero-order valence-electron chi connectivity index (χ0n) is 10.6. The van der Waals surface area contributed by atoms with Crippen LogP contribution in [0.2, 0.25) is 0 Å². The van der Waals surface area contributed by atoms with Gasteiger partial charge in [-0.05, 0) is 39.0 Å². The van der Waals surface area contributed by atoms with Crippen molar-refractivity contribution in [1.29, 1.82) is 0 Å². The Labute approximate surface area is 105 Å². The van der Waals surface area contributed by atoms with Crippen LogP contribution in [0.25, 0.3) is 0 Å². The lowest BCUT2D eigenvalue weighted by atomic mass is 9.97. The van der Waals surface area contributed by atoms with Crippen LogP contribution in [0.3, 0.4) is 0 Å². The predicted molar refractivity (Wildman–Crippen MR) is 73.7 cm³/mol. The van der Waals surface area contributed by atoms with Gasteiger partial charge in [0.2, 0.25) is 0 Å². The molecule has 0 bridgehead atoms. The number of nitrogens with two attached hydrogens (primary N) is 1. The molecule has 0 radical (unpaired) electrons. The molecule has 1 rings (SSSR count). The molecule has 0 aliphatic carbocycles. The third-order valence-electron chi connectivity index (χ3n) is 3.62. The highest BCUT2D eigenvalue weighted by atomic mass is 32.1. The van der Waals surface area contributed by atoms with Crippen molar-refractivity contribution < 1.29 is 0 Å². The second-order valence-electron chi connectivity index (χ2n) is 4.55. The Hall–Kier alpha value is -0.190. The van der Waals surface area contributed by atoms with E-state index in [0.717, 1.165) is 39.0 Å². The van der Waals surface area contributed by atoms with Gasteiger partial charge in [-0.25, -0.2) is 0 Å². The first-order valence-corrected chi connectivity index (χ1v) is 6.82. The summed E-state index contributed by atoms with van der Waals surface area (Å²) < 4.78 is 0. The molecule has 0 aromatic carbocycles. The molecule has 2 N–H and O–H groups in total. The minimum absolute atomic E-state index is 0.486. The molecular formula is C12H25N3S. The molecule has 94 valence electrons. The van der Waals surface area contributed by atoms with E-state index >= 15 is 0 Å².